The Hall–Kier alpha value is -1.97. The van der Waals surface area contributed by atoms with E-state index in [0.29, 0.717) is 17.8 Å². The number of nitrogens with one attached hydrogen (secondary N) is 1. The van der Waals surface area contributed by atoms with Gasteiger partial charge in [-0.1, -0.05) is 18.2 Å². The van der Waals surface area contributed by atoms with Crippen molar-refractivity contribution in [1.82, 2.24) is 4.98 Å². The SMILES string of the molecule is Fc1ccc(C2CC(Nc3cccc(F)n3)C2)cc1. The molecule has 2 nitrogen and oxygen atoms in total. The van der Waals surface area contributed by atoms with E-state index in [2.05, 4.69) is 10.3 Å². The fourth-order valence-electron chi connectivity index (χ4n) is 2.44. The van der Waals surface area contributed by atoms with Crippen molar-refractivity contribution in [2.24, 2.45) is 0 Å². The second-order valence-electron chi connectivity index (χ2n) is 4.91. The summed E-state index contributed by atoms with van der Waals surface area (Å²) in [6, 6.07) is 11.7. The minimum atomic E-state index is -0.473. The highest BCUT2D eigenvalue weighted by molar-refractivity contribution is 5.37. The van der Waals surface area contributed by atoms with E-state index in [0.717, 1.165) is 18.4 Å². The number of hydrogen-bond acceptors (Lipinski definition) is 2. The molecule has 0 amide bonds. The standard InChI is InChI=1S/C15H14F2N2/c16-12-6-4-10(5-7-12)11-8-13(9-11)18-15-3-1-2-14(17)19-15/h1-7,11,13H,8-9H2,(H,18,19). The summed E-state index contributed by atoms with van der Waals surface area (Å²) >= 11 is 0. The Morgan fingerprint density at radius 2 is 1.74 bits per heavy atom. The van der Waals surface area contributed by atoms with Crippen LogP contribution in [0, 0.1) is 11.8 Å². The molecule has 1 N–H and O–H groups in total. The number of nitrogens with zero attached hydrogens (tertiary/aromatic N) is 1. The first-order valence-corrected chi connectivity index (χ1v) is 6.35. The fourth-order valence-corrected chi connectivity index (χ4v) is 2.44. The summed E-state index contributed by atoms with van der Waals surface area (Å²) in [4.78, 5) is 3.78. The number of pyridine rings is 1. The minimum Gasteiger partial charge on any atom is -0.367 e. The quantitative estimate of drug-likeness (QED) is 0.851. The number of halogens is 2. The third-order valence-corrected chi connectivity index (χ3v) is 3.55. The normalized spacial score (nSPS) is 21.8. The monoisotopic (exact) mass is 260 g/mol. The van der Waals surface area contributed by atoms with Crippen molar-refractivity contribution in [3.63, 3.8) is 0 Å². The zero-order chi connectivity index (χ0) is 13.2. The zero-order valence-corrected chi connectivity index (χ0v) is 10.3. The molecule has 2 aromatic rings. The molecular weight excluding hydrogens is 246 g/mol. The molecule has 1 saturated carbocycles. The molecule has 19 heavy (non-hydrogen) atoms. The highest BCUT2D eigenvalue weighted by Gasteiger charge is 2.30. The van der Waals surface area contributed by atoms with Gasteiger partial charge in [0.1, 0.15) is 11.6 Å². The van der Waals surface area contributed by atoms with Crippen LogP contribution in [-0.2, 0) is 0 Å². The Morgan fingerprint density at radius 1 is 1.00 bits per heavy atom. The summed E-state index contributed by atoms with van der Waals surface area (Å²) in [6.07, 6.45) is 1.92. The topological polar surface area (TPSA) is 24.9 Å². The second-order valence-corrected chi connectivity index (χ2v) is 4.91. The maximum atomic E-state index is 12.9. The van der Waals surface area contributed by atoms with E-state index in [9.17, 15) is 8.78 Å². The molecular formula is C15H14F2N2. The average Bonchev–Trinajstić information content (AvgIpc) is 2.35. The van der Waals surface area contributed by atoms with Gasteiger partial charge in [0.05, 0.1) is 0 Å². The third kappa shape index (κ3) is 2.72. The van der Waals surface area contributed by atoms with E-state index in [1.54, 1.807) is 12.1 Å². The van der Waals surface area contributed by atoms with Crippen molar-refractivity contribution in [2.75, 3.05) is 5.32 Å². The molecule has 3 rings (SSSR count). The van der Waals surface area contributed by atoms with Crippen LogP contribution in [0.1, 0.15) is 24.3 Å². The maximum Gasteiger partial charge on any atom is 0.214 e. The first-order valence-electron chi connectivity index (χ1n) is 6.35. The lowest BCUT2D eigenvalue weighted by Crippen LogP contribution is -2.34. The number of rotatable bonds is 3. The molecule has 0 bridgehead atoms. The molecule has 1 aromatic carbocycles. The second kappa shape index (κ2) is 4.96. The van der Waals surface area contributed by atoms with Crippen LogP contribution in [0.5, 0.6) is 0 Å². The summed E-state index contributed by atoms with van der Waals surface area (Å²) < 4.78 is 25.8. The van der Waals surface area contributed by atoms with Crippen molar-refractivity contribution < 1.29 is 8.78 Å². The van der Waals surface area contributed by atoms with Crippen molar-refractivity contribution in [3.8, 4) is 0 Å². The first-order chi connectivity index (χ1) is 9.20. The summed E-state index contributed by atoms with van der Waals surface area (Å²) in [5.41, 5.74) is 1.16. The highest BCUT2D eigenvalue weighted by Crippen LogP contribution is 2.38. The minimum absolute atomic E-state index is 0.207. The van der Waals surface area contributed by atoms with Crippen LogP contribution in [0.15, 0.2) is 42.5 Å². The Kier molecular flexibility index (Phi) is 3.15. The van der Waals surface area contributed by atoms with Gasteiger partial charge in [-0.25, -0.2) is 9.37 Å². The van der Waals surface area contributed by atoms with Gasteiger partial charge in [0, 0.05) is 6.04 Å². The van der Waals surface area contributed by atoms with Gasteiger partial charge in [0.25, 0.3) is 0 Å². The number of hydrogen-bond donors (Lipinski definition) is 1. The Bertz CT molecular complexity index is 563. The Labute approximate surface area is 110 Å². The lowest BCUT2D eigenvalue weighted by atomic mass is 9.76. The number of aromatic nitrogens is 1. The molecule has 0 spiro atoms. The molecule has 98 valence electrons. The zero-order valence-electron chi connectivity index (χ0n) is 10.3. The van der Waals surface area contributed by atoms with Gasteiger partial charge in [-0.15, -0.1) is 0 Å². The molecule has 0 aliphatic heterocycles. The van der Waals surface area contributed by atoms with Crippen molar-refractivity contribution in [1.29, 1.82) is 0 Å². The highest BCUT2D eigenvalue weighted by atomic mass is 19.1. The van der Waals surface area contributed by atoms with Gasteiger partial charge < -0.3 is 5.32 Å². The molecule has 4 heteroatoms. The van der Waals surface area contributed by atoms with E-state index in [1.165, 1.54) is 18.2 Å². The summed E-state index contributed by atoms with van der Waals surface area (Å²) in [5, 5.41) is 3.21. The molecule has 0 radical (unpaired) electrons. The van der Waals surface area contributed by atoms with Crippen LogP contribution < -0.4 is 5.32 Å². The van der Waals surface area contributed by atoms with E-state index in [4.69, 9.17) is 0 Å². The fraction of sp³-hybridized carbons (Fsp3) is 0.267. The first kappa shape index (κ1) is 12.1. The Balaban J connectivity index is 1.57. The summed E-state index contributed by atoms with van der Waals surface area (Å²) in [6.45, 7) is 0. The van der Waals surface area contributed by atoms with E-state index in [-0.39, 0.29) is 5.82 Å². The van der Waals surface area contributed by atoms with Crippen LogP contribution in [0.4, 0.5) is 14.6 Å². The molecule has 1 aromatic heterocycles. The van der Waals surface area contributed by atoms with Crippen LogP contribution in [0.25, 0.3) is 0 Å². The number of benzene rings is 1. The summed E-state index contributed by atoms with van der Waals surface area (Å²) in [7, 11) is 0. The van der Waals surface area contributed by atoms with Gasteiger partial charge in [0.15, 0.2) is 0 Å². The average molecular weight is 260 g/mol. The lowest BCUT2D eigenvalue weighted by molar-refractivity contribution is 0.372. The van der Waals surface area contributed by atoms with Crippen molar-refractivity contribution in [2.45, 2.75) is 24.8 Å². The van der Waals surface area contributed by atoms with E-state index in [1.807, 2.05) is 12.1 Å². The smallest absolute Gasteiger partial charge is 0.214 e. The molecule has 1 fully saturated rings. The van der Waals surface area contributed by atoms with Crippen molar-refractivity contribution in [3.05, 3.63) is 59.8 Å². The van der Waals surface area contributed by atoms with Crippen molar-refractivity contribution >= 4 is 5.82 Å². The van der Waals surface area contributed by atoms with Gasteiger partial charge >= 0.3 is 0 Å². The molecule has 1 aliphatic carbocycles. The van der Waals surface area contributed by atoms with Crippen LogP contribution in [0.2, 0.25) is 0 Å². The molecule has 1 aliphatic rings. The molecule has 0 atom stereocenters. The predicted molar refractivity (Wildman–Crippen MR) is 70.0 cm³/mol. The van der Waals surface area contributed by atoms with Crippen LogP contribution in [-0.4, -0.2) is 11.0 Å². The molecule has 0 unspecified atom stereocenters. The van der Waals surface area contributed by atoms with Gasteiger partial charge in [-0.2, -0.15) is 4.39 Å². The lowest BCUT2D eigenvalue weighted by Gasteiger charge is -2.36. The van der Waals surface area contributed by atoms with Crippen LogP contribution >= 0.6 is 0 Å². The molecule has 0 saturated heterocycles. The molecule has 1 heterocycles. The van der Waals surface area contributed by atoms with E-state index < -0.39 is 5.95 Å². The van der Waals surface area contributed by atoms with E-state index >= 15 is 0 Å². The summed E-state index contributed by atoms with van der Waals surface area (Å²) in [5.74, 6) is 0.343. The maximum absolute atomic E-state index is 12.9. The number of anilines is 1. The largest absolute Gasteiger partial charge is 0.367 e. The predicted octanol–water partition coefficient (Wildman–Crippen LogP) is 3.72. The van der Waals surface area contributed by atoms with Gasteiger partial charge in [-0.3, -0.25) is 0 Å². The Morgan fingerprint density at radius 3 is 2.42 bits per heavy atom. The van der Waals surface area contributed by atoms with Gasteiger partial charge in [-0.05, 0) is 48.6 Å². The third-order valence-electron chi connectivity index (χ3n) is 3.55. The van der Waals surface area contributed by atoms with Crippen LogP contribution in [0.3, 0.4) is 0 Å². The van der Waals surface area contributed by atoms with Gasteiger partial charge in [0.2, 0.25) is 5.95 Å².